The predicted octanol–water partition coefficient (Wildman–Crippen LogP) is 3.24. The quantitative estimate of drug-likeness (QED) is 0.876. The Bertz CT molecular complexity index is 644. The normalized spacial score (nSPS) is 22.5. The van der Waals surface area contributed by atoms with Crippen molar-refractivity contribution in [1.82, 2.24) is 15.1 Å². The molecule has 1 aromatic carbocycles. The first-order valence-electron chi connectivity index (χ1n) is 9.42. The summed E-state index contributed by atoms with van der Waals surface area (Å²) < 4.78 is 11.7. The lowest BCUT2D eigenvalue weighted by Gasteiger charge is -2.31. The largest absolute Gasteiger partial charge is 0.376 e. The van der Waals surface area contributed by atoms with Crippen LogP contribution in [0.5, 0.6) is 0 Å². The molecule has 4 rings (SSSR count). The van der Waals surface area contributed by atoms with E-state index in [9.17, 15) is 0 Å². The molecule has 1 N–H and O–H groups in total. The average Bonchev–Trinajstić information content (AvgIpc) is 3.34. The summed E-state index contributed by atoms with van der Waals surface area (Å²) >= 11 is 0. The number of benzene rings is 1. The van der Waals surface area contributed by atoms with Crippen molar-refractivity contribution in [3.05, 3.63) is 42.1 Å². The number of likely N-dealkylation sites (tertiary alicyclic amines) is 1. The van der Waals surface area contributed by atoms with Crippen LogP contribution in [-0.2, 0) is 16.0 Å². The van der Waals surface area contributed by atoms with E-state index < -0.39 is 0 Å². The van der Waals surface area contributed by atoms with Gasteiger partial charge in [0.25, 0.3) is 0 Å². The summed E-state index contributed by atoms with van der Waals surface area (Å²) in [4.78, 5) is 2.48. The molecular weight excluding hydrogens is 314 g/mol. The number of ether oxygens (including phenoxy) is 2. The fourth-order valence-electron chi connectivity index (χ4n) is 3.69. The molecule has 0 saturated carbocycles. The highest BCUT2D eigenvalue weighted by molar-refractivity contribution is 5.58. The van der Waals surface area contributed by atoms with Gasteiger partial charge >= 0.3 is 0 Å². The number of aromatic nitrogens is 2. The number of H-pyrrole nitrogens is 1. The van der Waals surface area contributed by atoms with E-state index in [2.05, 4.69) is 33.3 Å². The van der Waals surface area contributed by atoms with Gasteiger partial charge in [0, 0.05) is 37.5 Å². The first-order chi connectivity index (χ1) is 12.4. The van der Waals surface area contributed by atoms with E-state index in [4.69, 9.17) is 9.47 Å². The minimum atomic E-state index is 0.333. The zero-order chi connectivity index (χ0) is 16.9. The second-order valence-corrected chi connectivity index (χ2v) is 7.09. The van der Waals surface area contributed by atoms with Gasteiger partial charge in [-0.25, -0.2) is 0 Å². The first-order valence-corrected chi connectivity index (χ1v) is 9.42. The molecule has 2 aliphatic rings. The summed E-state index contributed by atoms with van der Waals surface area (Å²) in [5, 5.41) is 7.64. The molecule has 134 valence electrons. The molecule has 0 bridgehead atoms. The lowest BCUT2D eigenvalue weighted by atomic mass is 10.1. The Balaban J connectivity index is 1.23. The van der Waals surface area contributed by atoms with Gasteiger partial charge in [-0.1, -0.05) is 30.3 Å². The second-order valence-electron chi connectivity index (χ2n) is 7.09. The topological polar surface area (TPSA) is 50.4 Å². The Morgan fingerprint density at radius 1 is 1.16 bits per heavy atom. The Kier molecular flexibility index (Phi) is 5.45. The molecule has 2 saturated heterocycles. The van der Waals surface area contributed by atoms with E-state index in [0.717, 1.165) is 63.4 Å². The smallest absolute Gasteiger partial charge is 0.0924 e. The third-order valence-electron chi connectivity index (χ3n) is 5.17. The molecule has 2 aromatic rings. The third-order valence-corrected chi connectivity index (χ3v) is 5.17. The number of nitrogens with one attached hydrogen (secondary N) is 1. The molecule has 5 heteroatoms. The molecule has 0 spiro atoms. The Labute approximate surface area is 149 Å². The van der Waals surface area contributed by atoms with E-state index in [1.54, 1.807) is 0 Å². The number of nitrogens with zero attached hydrogens (tertiary/aromatic N) is 2. The van der Waals surface area contributed by atoms with Crippen LogP contribution >= 0.6 is 0 Å². The van der Waals surface area contributed by atoms with Crippen LogP contribution in [0.25, 0.3) is 11.3 Å². The minimum Gasteiger partial charge on any atom is -0.376 e. The molecule has 25 heavy (non-hydrogen) atoms. The molecule has 3 heterocycles. The maximum absolute atomic E-state index is 6.06. The number of rotatable bonds is 6. The average molecular weight is 341 g/mol. The lowest BCUT2D eigenvalue weighted by molar-refractivity contribution is -0.0427. The Morgan fingerprint density at radius 2 is 2.00 bits per heavy atom. The van der Waals surface area contributed by atoms with Crippen molar-refractivity contribution < 1.29 is 9.47 Å². The molecule has 1 aromatic heterocycles. The fourth-order valence-corrected chi connectivity index (χ4v) is 3.69. The van der Waals surface area contributed by atoms with Crippen molar-refractivity contribution in [3.63, 3.8) is 0 Å². The van der Waals surface area contributed by atoms with Crippen molar-refractivity contribution in [2.45, 2.75) is 44.4 Å². The van der Waals surface area contributed by atoms with Crippen LogP contribution in [-0.4, -0.2) is 53.6 Å². The molecule has 0 amide bonds. The van der Waals surface area contributed by atoms with Crippen LogP contribution < -0.4 is 0 Å². The Morgan fingerprint density at radius 3 is 2.76 bits per heavy atom. The second kappa shape index (κ2) is 8.13. The van der Waals surface area contributed by atoms with Gasteiger partial charge in [-0.2, -0.15) is 5.10 Å². The molecule has 1 unspecified atom stereocenters. The maximum atomic E-state index is 6.06. The summed E-state index contributed by atoms with van der Waals surface area (Å²) in [5.41, 5.74) is 3.36. The number of hydrogen-bond acceptors (Lipinski definition) is 4. The van der Waals surface area contributed by atoms with Gasteiger partial charge < -0.3 is 9.47 Å². The van der Waals surface area contributed by atoms with E-state index in [1.165, 1.54) is 12.1 Å². The van der Waals surface area contributed by atoms with Crippen molar-refractivity contribution in [3.8, 4) is 11.3 Å². The fraction of sp³-hybridized carbons (Fsp3) is 0.550. The van der Waals surface area contributed by atoms with Gasteiger partial charge in [-0.3, -0.25) is 10.00 Å². The van der Waals surface area contributed by atoms with E-state index >= 15 is 0 Å². The number of piperidine rings is 1. The molecule has 0 aliphatic carbocycles. The Hall–Kier alpha value is -1.69. The predicted molar refractivity (Wildman–Crippen MR) is 97.2 cm³/mol. The maximum Gasteiger partial charge on any atom is 0.0924 e. The molecule has 2 aliphatic heterocycles. The number of hydrogen-bond donors (Lipinski definition) is 1. The standard InChI is InChI=1S/C20H27N3O2/c1-2-5-16(6-3-1)20-13-17(21-22-20)14-23-10-8-18(9-11-23)25-15-19-7-4-12-24-19/h1-3,5-6,13,18-19H,4,7-12,14-15H2,(H,21,22). The summed E-state index contributed by atoms with van der Waals surface area (Å²) in [6.45, 7) is 4.76. The summed E-state index contributed by atoms with van der Waals surface area (Å²) in [6, 6.07) is 12.5. The van der Waals surface area contributed by atoms with Crippen LogP contribution in [0.1, 0.15) is 31.4 Å². The monoisotopic (exact) mass is 341 g/mol. The van der Waals surface area contributed by atoms with Gasteiger partial charge in [-0.15, -0.1) is 0 Å². The van der Waals surface area contributed by atoms with Crippen LogP contribution in [0.2, 0.25) is 0 Å². The molecule has 1 atom stereocenters. The van der Waals surface area contributed by atoms with Crippen molar-refractivity contribution in [2.75, 3.05) is 26.3 Å². The highest BCUT2D eigenvalue weighted by Crippen LogP contribution is 2.21. The van der Waals surface area contributed by atoms with Crippen LogP contribution in [0.15, 0.2) is 36.4 Å². The highest BCUT2D eigenvalue weighted by Gasteiger charge is 2.23. The van der Waals surface area contributed by atoms with Crippen LogP contribution in [0, 0.1) is 0 Å². The first kappa shape index (κ1) is 16.8. The van der Waals surface area contributed by atoms with Crippen molar-refractivity contribution in [2.24, 2.45) is 0 Å². The number of aromatic amines is 1. The summed E-state index contributed by atoms with van der Waals surface area (Å²) in [5.74, 6) is 0. The van der Waals surface area contributed by atoms with Gasteiger partial charge in [0.05, 0.1) is 24.5 Å². The van der Waals surface area contributed by atoms with Gasteiger partial charge in [-0.05, 0) is 31.7 Å². The zero-order valence-electron chi connectivity index (χ0n) is 14.7. The van der Waals surface area contributed by atoms with Gasteiger partial charge in [0.2, 0.25) is 0 Å². The minimum absolute atomic E-state index is 0.333. The highest BCUT2D eigenvalue weighted by atomic mass is 16.5. The van der Waals surface area contributed by atoms with Gasteiger partial charge in [0.15, 0.2) is 0 Å². The molecule has 5 nitrogen and oxygen atoms in total. The van der Waals surface area contributed by atoms with Crippen molar-refractivity contribution in [1.29, 1.82) is 0 Å². The van der Waals surface area contributed by atoms with E-state index in [0.29, 0.717) is 12.2 Å². The summed E-state index contributed by atoms with van der Waals surface area (Å²) in [6.07, 6.45) is 5.27. The summed E-state index contributed by atoms with van der Waals surface area (Å²) in [7, 11) is 0. The van der Waals surface area contributed by atoms with Gasteiger partial charge in [0.1, 0.15) is 0 Å². The molecule has 0 radical (unpaired) electrons. The molecular formula is C20H27N3O2. The van der Waals surface area contributed by atoms with E-state index in [-0.39, 0.29) is 0 Å². The lowest BCUT2D eigenvalue weighted by Crippen LogP contribution is -2.37. The molecule has 2 fully saturated rings. The van der Waals surface area contributed by atoms with Crippen molar-refractivity contribution >= 4 is 0 Å². The van der Waals surface area contributed by atoms with E-state index in [1.807, 2.05) is 18.2 Å². The van der Waals surface area contributed by atoms with Crippen LogP contribution in [0.4, 0.5) is 0 Å². The van der Waals surface area contributed by atoms with Crippen LogP contribution in [0.3, 0.4) is 0 Å². The SMILES string of the molecule is c1ccc(-c2cc(CN3CCC(OCC4CCCO4)CC3)[nH]n2)cc1. The zero-order valence-corrected chi connectivity index (χ0v) is 14.7. The third kappa shape index (κ3) is 4.48.